The molecule has 0 unspecified atom stereocenters. The summed E-state index contributed by atoms with van der Waals surface area (Å²) >= 11 is 1.90. The van der Waals surface area contributed by atoms with Gasteiger partial charge in [-0.3, -0.25) is 0 Å². The Balaban J connectivity index is 2.57. The molecule has 1 aromatic rings. The van der Waals surface area contributed by atoms with E-state index in [4.69, 9.17) is 10.8 Å². The number of hydrogen-bond acceptors (Lipinski definition) is 3. The van der Waals surface area contributed by atoms with Gasteiger partial charge in [0.05, 0.1) is 14.9 Å². The number of hydrogen-bond donors (Lipinski definition) is 3. The van der Waals surface area contributed by atoms with E-state index in [9.17, 15) is 4.39 Å². The van der Waals surface area contributed by atoms with Gasteiger partial charge < -0.3 is 16.2 Å². The predicted octanol–water partition coefficient (Wildman–Crippen LogP) is 2.20. The van der Waals surface area contributed by atoms with Crippen molar-refractivity contribution < 1.29 is 9.50 Å². The number of aliphatic hydroxyl groups is 1. The summed E-state index contributed by atoms with van der Waals surface area (Å²) < 4.78 is 13.7. The van der Waals surface area contributed by atoms with Crippen molar-refractivity contribution in [1.82, 2.24) is 0 Å². The summed E-state index contributed by atoms with van der Waals surface area (Å²) in [6, 6.07) is 3.00. The Morgan fingerprint density at radius 2 is 2.13 bits per heavy atom. The molecular formula is C10H14FIN2O. The highest BCUT2D eigenvalue weighted by Crippen LogP contribution is 2.23. The van der Waals surface area contributed by atoms with Gasteiger partial charge in [-0.25, -0.2) is 4.39 Å². The third-order valence-electron chi connectivity index (χ3n) is 1.99. The van der Waals surface area contributed by atoms with Crippen LogP contribution in [0, 0.1) is 9.39 Å². The molecule has 84 valence electrons. The van der Waals surface area contributed by atoms with Gasteiger partial charge in [0.15, 0.2) is 0 Å². The van der Waals surface area contributed by atoms with Gasteiger partial charge in [-0.1, -0.05) is 0 Å². The molecule has 0 heterocycles. The molecule has 0 aromatic heterocycles. The van der Waals surface area contributed by atoms with Crippen LogP contribution in [0.2, 0.25) is 0 Å². The summed E-state index contributed by atoms with van der Waals surface area (Å²) in [6.45, 7) is 0.864. The molecule has 0 aliphatic rings. The minimum atomic E-state index is -0.269. The lowest BCUT2D eigenvalue weighted by Gasteiger charge is -2.09. The Morgan fingerprint density at radius 3 is 2.80 bits per heavy atom. The Labute approximate surface area is 102 Å². The third kappa shape index (κ3) is 3.83. The van der Waals surface area contributed by atoms with Crippen molar-refractivity contribution in [3.63, 3.8) is 0 Å². The molecule has 3 nitrogen and oxygen atoms in total. The van der Waals surface area contributed by atoms with Crippen molar-refractivity contribution in [3.05, 3.63) is 21.5 Å². The summed E-state index contributed by atoms with van der Waals surface area (Å²) in [5, 5.41) is 11.6. The van der Waals surface area contributed by atoms with E-state index in [2.05, 4.69) is 5.32 Å². The third-order valence-corrected chi connectivity index (χ3v) is 2.82. The van der Waals surface area contributed by atoms with Crippen LogP contribution in [0.5, 0.6) is 0 Å². The molecule has 0 aliphatic heterocycles. The number of halogens is 2. The lowest BCUT2D eigenvalue weighted by Crippen LogP contribution is -2.05. The van der Waals surface area contributed by atoms with Crippen molar-refractivity contribution in [2.24, 2.45) is 0 Å². The van der Waals surface area contributed by atoms with Gasteiger partial charge in [-0.2, -0.15) is 0 Å². The van der Waals surface area contributed by atoms with E-state index in [-0.39, 0.29) is 12.4 Å². The fraction of sp³-hybridized carbons (Fsp3) is 0.400. The van der Waals surface area contributed by atoms with Crippen molar-refractivity contribution in [2.75, 3.05) is 24.2 Å². The highest BCUT2D eigenvalue weighted by Gasteiger charge is 2.04. The molecule has 0 saturated carbocycles. The number of unbranched alkanes of at least 4 members (excludes halogenated alkanes) is 1. The maximum atomic E-state index is 13.2. The van der Waals surface area contributed by atoms with Crippen LogP contribution in [0.25, 0.3) is 0 Å². The summed E-state index contributed by atoms with van der Waals surface area (Å²) in [6.07, 6.45) is 1.57. The first-order chi connectivity index (χ1) is 7.15. The first-order valence-corrected chi connectivity index (χ1v) is 5.82. The topological polar surface area (TPSA) is 58.3 Å². The number of nitrogens with one attached hydrogen (secondary N) is 1. The van der Waals surface area contributed by atoms with Gasteiger partial charge in [0, 0.05) is 19.2 Å². The number of anilines is 2. The Morgan fingerprint density at radius 1 is 1.40 bits per heavy atom. The van der Waals surface area contributed by atoms with E-state index < -0.39 is 0 Å². The maximum absolute atomic E-state index is 13.2. The highest BCUT2D eigenvalue weighted by atomic mass is 127. The molecule has 0 amide bonds. The minimum Gasteiger partial charge on any atom is -0.397 e. The first-order valence-electron chi connectivity index (χ1n) is 4.74. The zero-order valence-electron chi connectivity index (χ0n) is 8.26. The van der Waals surface area contributed by atoms with Crippen molar-refractivity contribution in [2.45, 2.75) is 12.8 Å². The minimum absolute atomic E-state index is 0.179. The van der Waals surface area contributed by atoms with Crippen LogP contribution in [0.3, 0.4) is 0 Å². The molecule has 0 bridgehead atoms. The lowest BCUT2D eigenvalue weighted by atomic mass is 10.2. The molecule has 0 spiro atoms. The summed E-state index contributed by atoms with van der Waals surface area (Å²) in [5.74, 6) is -0.269. The zero-order valence-corrected chi connectivity index (χ0v) is 10.4. The Hall–Kier alpha value is -0.560. The first kappa shape index (κ1) is 12.5. The number of benzene rings is 1. The summed E-state index contributed by atoms with van der Waals surface area (Å²) in [4.78, 5) is 0. The molecule has 15 heavy (non-hydrogen) atoms. The Bertz CT molecular complexity index is 333. The quantitative estimate of drug-likeness (QED) is 0.442. The SMILES string of the molecule is Nc1cc(I)c(F)cc1NCCCCO. The largest absolute Gasteiger partial charge is 0.397 e. The van der Waals surface area contributed by atoms with Crippen LogP contribution >= 0.6 is 22.6 Å². The van der Waals surface area contributed by atoms with Gasteiger partial charge >= 0.3 is 0 Å². The average molecular weight is 324 g/mol. The van der Waals surface area contributed by atoms with Crippen LogP contribution in [0.15, 0.2) is 12.1 Å². The van der Waals surface area contributed by atoms with Crippen LogP contribution in [-0.2, 0) is 0 Å². The van der Waals surface area contributed by atoms with E-state index >= 15 is 0 Å². The molecule has 0 fully saturated rings. The molecule has 1 aromatic carbocycles. The monoisotopic (exact) mass is 324 g/mol. The molecule has 0 radical (unpaired) electrons. The molecule has 0 saturated heterocycles. The van der Waals surface area contributed by atoms with Crippen LogP contribution in [0.1, 0.15) is 12.8 Å². The number of rotatable bonds is 5. The highest BCUT2D eigenvalue weighted by molar-refractivity contribution is 14.1. The molecule has 1 rings (SSSR count). The van der Waals surface area contributed by atoms with E-state index in [1.807, 2.05) is 22.6 Å². The van der Waals surface area contributed by atoms with Gasteiger partial charge in [0.1, 0.15) is 5.82 Å². The van der Waals surface area contributed by atoms with Crippen molar-refractivity contribution in [1.29, 1.82) is 0 Å². The molecular weight excluding hydrogens is 310 g/mol. The number of aliphatic hydroxyl groups excluding tert-OH is 1. The molecule has 0 aliphatic carbocycles. The number of nitrogen functional groups attached to an aromatic ring is 1. The number of nitrogens with two attached hydrogens (primary N) is 1. The second-order valence-electron chi connectivity index (χ2n) is 3.21. The average Bonchev–Trinajstić information content (AvgIpc) is 2.20. The predicted molar refractivity (Wildman–Crippen MR) is 68.3 cm³/mol. The molecule has 4 N–H and O–H groups in total. The smallest absolute Gasteiger partial charge is 0.138 e. The van der Waals surface area contributed by atoms with Crippen LogP contribution in [0.4, 0.5) is 15.8 Å². The van der Waals surface area contributed by atoms with E-state index in [1.165, 1.54) is 6.07 Å². The summed E-state index contributed by atoms with van der Waals surface area (Å²) in [5.41, 5.74) is 6.88. The van der Waals surface area contributed by atoms with Gasteiger partial charge in [0.25, 0.3) is 0 Å². The van der Waals surface area contributed by atoms with Crippen molar-refractivity contribution >= 4 is 34.0 Å². The van der Waals surface area contributed by atoms with Gasteiger partial charge in [-0.15, -0.1) is 0 Å². The summed E-state index contributed by atoms with van der Waals surface area (Å²) in [7, 11) is 0. The molecule has 0 atom stereocenters. The zero-order chi connectivity index (χ0) is 11.3. The van der Waals surface area contributed by atoms with Gasteiger partial charge in [-0.05, 0) is 41.5 Å². The standard InChI is InChI=1S/C10H14FIN2O/c11-7-5-10(9(13)6-8(7)12)14-3-1-2-4-15/h5-6,14-15H,1-4,13H2. The van der Waals surface area contributed by atoms with Gasteiger partial charge in [0.2, 0.25) is 0 Å². The van der Waals surface area contributed by atoms with Crippen LogP contribution in [-0.4, -0.2) is 18.3 Å². The van der Waals surface area contributed by atoms with Crippen molar-refractivity contribution in [3.8, 4) is 0 Å². The fourth-order valence-electron chi connectivity index (χ4n) is 1.18. The normalized spacial score (nSPS) is 10.3. The molecule has 5 heteroatoms. The fourth-order valence-corrected chi connectivity index (χ4v) is 1.67. The Kier molecular flexibility index (Phi) is 5.10. The van der Waals surface area contributed by atoms with E-state index in [0.717, 1.165) is 12.8 Å². The van der Waals surface area contributed by atoms with E-state index in [1.54, 1.807) is 6.07 Å². The second kappa shape index (κ2) is 6.12. The van der Waals surface area contributed by atoms with E-state index in [0.29, 0.717) is 21.5 Å². The van der Waals surface area contributed by atoms with Crippen LogP contribution < -0.4 is 11.1 Å². The maximum Gasteiger partial charge on any atom is 0.138 e. The second-order valence-corrected chi connectivity index (χ2v) is 4.37. The lowest BCUT2D eigenvalue weighted by molar-refractivity contribution is 0.286.